The summed E-state index contributed by atoms with van der Waals surface area (Å²) >= 11 is 1.73. The smallest absolute Gasteiger partial charge is 0.184 e. The van der Waals surface area contributed by atoms with E-state index in [0.717, 1.165) is 40.2 Å². The molecule has 0 aromatic heterocycles. The summed E-state index contributed by atoms with van der Waals surface area (Å²) < 4.78 is 0. The lowest BCUT2D eigenvalue weighted by atomic mass is 9.91. The largest absolute Gasteiger partial charge is 0.292 e. The molecule has 136 valence electrons. The lowest BCUT2D eigenvalue weighted by molar-refractivity contribution is 0.100. The number of carbonyl (C=O) groups is 1. The zero-order valence-electron chi connectivity index (χ0n) is 15.6. The molecule has 2 aromatic carbocycles. The Balaban J connectivity index is 1.96. The minimum absolute atomic E-state index is 0.0131. The molecule has 0 atom stereocenters. The molecule has 0 saturated heterocycles. The van der Waals surface area contributed by atoms with E-state index >= 15 is 0 Å². The van der Waals surface area contributed by atoms with Crippen molar-refractivity contribution in [1.82, 2.24) is 0 Å². The summed E-state index contributed by atoms with van der Waals surface area (Å²) in [5, 5.41) is 0. The molecule has 2 nitrogen and oxygen atoms in total. The van der Waals surface area contributed by atoms with Crippen molar-refractivity contribution < 1.29 is 4.79 Å². The summed E-state index contributed by atoms with van der Waals surface area (Å²) in [4.78, 5) is 18.7. The number of Topliss-reactive ketones (excluding diaryl/α,β-unsaturated/α-hetero) is 1. The van der Waals surface area contributed by atoms with E-state index in [9.17, 15) is 4.79 Å². The van der Waals surface area contributed by atoms with Gasteiger partial charge in [0.25, 0.3) is 0 Å². The summed E-state index contributed by atoms with van der Waals surface area (Å²) in [5.41, 5.74) is 5.19. The van der Waals surface area contributed by atoms with E-state index in [1.54, 1.807) is 11.8 Å². The van der Waals surface area contributed by atoms with Crippen LogP contribution in [0.4, 0.5) is 0 Å². The highest BCUT2D eigenvalue weighted by molar-refractivity contribution is 8.00. The van der Waals surface area contributed by atoms with Crippen molar-refractivity contribution >= 4 is 28.8 Å². The number of rotatable bonds is 4. The van der Waals surface area contributed by atoms with E-state index in [1.165, 1.54) is 4.90 Å². The van der Waals surface area contributed by atoms with Gasteiger partial charge in [-0.2, -0.15) is 0 Å². The molecule has 3 rings (SSSR count). The quantitative estimate of drug-likeness (QED) is 0.613. The highest BCUT2D eigenvalue weighted by Gasteiger charge is 2.17. The van der Waals surface area contributed by atoms with Crippen LogP contribution in [0.1, 0.15) is 29.3 Å². The number of carbonyl (C=O) groups excluding carboxylic acids is 1. The van der Waals surface area contributed by atoms with Gasteiger partial charge in [0, 0.05) is 21.9 Å². The number of nitrogens with zero attached hydrogens (tertiary/aromatic N) is 1. The number of benzene rings is 2. The Kier molecular flexibility index (Phi) is 6.25. The molecule has 3 heteroatoms. The number of hydrogen-bond acceptors (Lipinski definition) is 3. The first-order valence-corrected chi connectivity index (χ1v) is 10.0. The third kappa shape index (κ3) is 4.55. The van der Waals surface area contributed by atoms with Crippen molar-refractivity contribution in [1.29, 1.82) is 0 Å². The normalized spacial score (nSPS) is 18.9. The van der Waals surface area contributed by atoms with Gasteiger partial charge in [-0.15, -0.1) is 11.8 Å². The van der Waals surface area contributed by atoms with E-state index in [-0.39, 0.29) is 12.3 Å². The molecule has 0 N–H and O–H groups in total. The SMILES string of the molecule is C=C1/C=C(CC)\C(CSc2ccccc2)=N/CC(=O)c2ccccc2C1=C. The Bertz CT molecular complexity index is 938. The molecule has 0 amide bonds. The first-order valence-electron chi connectivity index (χ1n) is 9.03. The Labute approximate surface area is 165 Å². The summed E-state index contributed by atoms with van der Waals surface area (Å²) in [5.74, 6) is 0.734. The van der Waals surface area contributed by atoms with Gasteiger partial charge in [0.1, 0.15) is 6.54 Å². The number of fused-ring (bicyclic) bond motifs is 1. The number of aliphatic imine (C=N–C) groups is 1. The second-order valence-electron chi connectivity index (χ2n) is 6.36. The Hall–Kier alpha value is -2.65. The first-order chi connectivity index (χ1) is 13.1. The molecule has 27 heavy (non-hydrogen) atoms. The van der Waals surface area contributed by atoms with Gasteiger partial charge in [0.05, 0.1) is 0 Å². The average molecular weight is 374 g/mol. The van der Waals surface area contributed by atoms with Crippen LogP contribution >= 0.6 is 11.8 Å². The van der Waals surface area contributed by atoms with Crippen molar-refractivity contribution in [2.75, 3.05) is 12.3 Å². The van der Waals surface area contributed by atoms with Crippen LogP contribution in [0.25, 0.3) is 5.57 Å². The van der Waals surface area contributed by atoms with Crippen LogP contribution in [0.2, 0.25) is 0 Å². The fourth-order valence-electron chi connectivity index (χ4n) is 3.01. The van der Waals surface area contributed by atoms with Crippen molar-refractivity contribution in [2.24, 2.45) is 4.99 Å². The average Bonchev–Trinajstić information content (AvgIpc) is 2.71. The summed E-state index contributed by atoms with van der Waals surface area (Å²) in [6.07, 6.45) is 2.90. The maximum atomic E-state index is 12.8. The predicted molar refractivity (Wildman–Crippen MR) is 117 cm³/mol. The minimum Gasteiger partial charge on any atom is -0.292 e. The van der Waals surface area contributed by atoms with Gasteiger partial charge in [-0.25, -0.2) is 0 Å². The molecule has 0 fully saturated rings. The highest BCUT2D eigenvalue weighted by Crippen LogP contribution is 2.28. The van der Waals surface area contributed by atoms with Gasteiger partial charge >= 0.3 is 0 Å². The lowest BCUT2D eigenvalue weighted by Crippen LogP contribution is -2.14. The van der Waals surface area contributed by atoms with Gasteiger partial charge in [-0.05, 0) is 46.9 Å². The maximum absolute atomic E-state index is 12.8. The van der Waals surface area contributed by atoms with Gasteiger partial charge in [-0.3, -0.25) is 9.79 Å². The number of allylic oxidation sites excluding steroid dienone is 4. The van der Waals surface area contributed by atoms with Crippen LogP contribution in [-0.4, -0.2) is 23.8 Å². The van der Waals surface area contributed by atoms with E-state index < -0.39 is 0 Å². The first kappa shape index (κ1) is 19.1. The van der Waals surface area contributed by atoms with E-state index in [0.29, 0.717) is 5.56 Å². The molecule has 0 unspecified atom stereocenters. The van der Waals surface area contributed by atoms with Crippen molar-refractivity contribution in [3.8, 4) is 0 Å². The molecular formula is C24H23NOS. The number of hydrogen-bond donors (Lipinski definition) is 0. The molecule has 0 saturated carbocycles. The zero-order chi connectivity index (χ0) is 19.2. The lowest BCUT2D eigenvalue weighted by Gasteiger charge is -2.16. The third-order valence-electron chi connectivity index (χ3n) is 4.57. The Morgan fingerprint density at radius 2 is 1.67 bits per heavy atom. The van der Waals surface area contributed by atoms with Crippen molar-refractivity contribution in [3.05, 3.63) is 96.1 Å². The van der Waals surface area contributed by atoms with Crippen LogP contribution in [0.5, 0.6) is 0 Å². The van der Waals surface area contributed by atoms with Crippen LogP contribution in [0.3, 0.4) is 0 Å². The summed E-state index contributed by atoms with van der Waals surface area (Å²) in [7, 11) is 0. The molecule has 1 aliphatic rings. The number of thioether (sulfide) groups is 1. The van der Waals surface area contributed by atoms with Crippen LogP contribution < -0.4 is 0 Å². The maximum Gasteiger partial charge on any atom is 0.184 e. The molecule has 1 aliphatic heterocycles. The Morgan fingerprint density at radius 1 is 1.00 bits per heavy atom. The standard InChI is InChI=1S/C24H23NOS/c1-4-19-14-17(2)18(3)21-12-8-9-13-22(21)24(26)15-25-23(19)16-27-20-10-6-5-7-11-20/h5-14H,2-4,15-16H2,1H3/b19-14-,25-23-. The minimum atomic E-state index is 0.0131. The van der Waals surface area contributed by atoms with E-state index in [4.69, 9.17) is 4.99 Å². The molecular weight excluding hydrogens is 350 g/mol. The molecule has 0 aliphatic carbocycles. The van der Waals surface area contributed by atoms with Gasteiger partial charge in [-0.1, -0.05) is 62.5 Å². The van der Waals surface area contributed by atoms with Gasteiger partial charge in [0.2, 0.25) is 0 Å². The topological polar surface area (TPSA) is 29.4 Å². The second kappa shape index (κ2) is 8.83. The van der Waals surface area contributed by atoms with Crippen molar-refractivity contribution in [3.63, 3.8) is 0 Å². The number of ketones is 1. The molecule has 0 radical (unpaired) electrons. The van der Waals surface area contributed by atoms with E-state index in [2.05, 4.69) is 38.3 Å². The van der Waals surface area contributed by atoms with Gasteiger partial charge in [0.15, 0.2) is 5.78 Å². The summed E-state index contributed by atoms with van der Waals surface area (Å²) in [6.45, 7) is 10.6. The summed E-state index contributed by atoms with van der Waals surface area (Å²) in [6, 6.07) is 17.8. The fraction of sp³-hybridized carbons (Fsp3) is 0.167. The van der Waals surface area contributed by atoms with Gasteiger partial charge < -0.3 is 0 Å². The molecule has 0 spiro atoms. The molecule has 1 heterocycles. The predicted octanol–water partition coefficient (Wildman–Crippen LogP) is 6.02. The third-order valence-corrected chi connectivity index (χ3v) is 5.60. The fourth-order valence-corrected chi connectivity index (χ4v) is 3.94. The van der Waals surface area contributed by atoms with Crippen molar-refractivity contribution in [2.45, 2.75) is 18.2 Å². The molecule has 2 aromatic rings. The van der Waals surface area contributed by atoms with Crippen LogP contribution in [-0.2, 0) is 0 Å². The second-order valence-corrected chi connectivity index (χ2v) is 7.41. The Morgan fingerprint density at radius 3 is 2.37 bits per heavy atom. The van der Waals surface area contributed by atoms with Crippen LogP contribution in [0, 0.1) is 0 Å². The zero-order valence-corrected chi connectivity index (χ0v) is 16.4. The van der Waals surface area contributed by atoms with E-state index in [1.807, 2.05) is 42.5 Å². The van der Waals surface area contributed by atoms with Crippen LogP contribution in [0.15, 0.2) is 94.9 Å². The monoisotopic (exact) mass is 373 g/mol. The molecule has 0 bridgehead atoms. The highest BCUT2D eigenvalue weighted by atomic mass is 32.2.